The van der Waals surface area contributed by atoms with Crippen LogP contribution in [-0.2, 0) is 11.3 Å². The van der Waals surface area contributed by atoms with Crippen LogP contribution in [0.25, 0.3) is 0 Å². The van der Waals surface area contributed by atoms with Crippen LogP contribution in [-0.4, -0.2) is 42.7 Å². The first-order chi connectivity index (χ1) is 8.30. The van der Waals surface area contributed by atoms with E-state index in [1.807, 2.05) is 24.9 Å². The van der Waals surface area contributed by atoms with Gasteiger partial charge in [-0.25, -0.2) is 9.97 Å². The molecule has 0 atom stereocenters. The number of ether oxygens (including phenoxy) is 1. The van der Waals surface area contributed by atoms with Crippen LogP contribution >= 0.6 is 11.8 Å². The van der Waals surface area contributed by atoms with Gasteiger partial charge in [0, 0.05) is 26.8 Å². The number of hydrogen-bond acceptors (Lipinski definition) is 6. The van der Waals surface area contributed by atoms with Crippen molar-refractivity contribution in [3.8, 4) is 0 Å². The number of nitrogens with one attached hydrogen (secondary N) is 2. The van der Waals surface area contributed by atoms with E-state index in [1.165, 1.54) is 0 Å². The van der Waals surface area contributed by atoms with Gasteiger partial charge in [0.1, 0.15) is 18.2 Å². The van der Waals surface area contributed by atoms with Crippen molar-refractivity contribution in [3.05, 3.63) is 11.9 Å². The van der Waals surface area contributed by atoms with Crippen LogP contribution in [0, 0.1) is 0 Å². The smallest absolute Gasteiger partial charge is 0.158 e. The quantitative estimate of drug-likeness (QED) is 0.692. The van der Waals surface area contributed by atoms with Gasteiger partial charge < -0.3 is 15.4 Å². The van der Waals surface area contributed by atoms with E-state index >= 15 is 0 Å². The number of hydrogen-bond donors (Lipinski definition) is 2. The summed E-state index contributed by atoms with van der Waals surface area (Å²) in [7, 11) is 3.48. The Bertz CT molecular complexity index is 335. The monoisotopic (exact) mass is 256 g/mol. The molecule has 1 rings (SSSR count). The van der Waals surface area contributed by atoms with E-state index in [9.17, 15) is 0 Å². The van der Waals surface area contributed by atoms with Crippen molar-refractivity contribution in [3.63, 3.8) is 0 Å². The van der Waals surface area contributed by atoms with E-state index in [-0.39, 0.29) is 0 Å². The average molecular weight is 256 g/mol. The zero-order valence-electron chi connectivity index (χ0n) is 10.6. The molecule has 0 aliphatic rings. The Balaban J connectivity index is 2.59. The lowest BCUT2D eigenvalue weighted by Crippen LogP contribution is -2.08. The van der Waals surface area contributed by atoms with Crippen LogP contribution in [0.3, 0.4) is 0 Å². The molecule has 0 spiro atoms. The topological polar surface area (TPSA) is 59.1 Å². The highest BCUT2D eigenvalue weighted by molar-refractivity contribution is 7.98. The lowest BCUT2D eigenvalue weighted by molar-refractivity contribution is 0.178. The molecule has 0 unspecified atom stereocenters. The van der Waals surface area contributed by atoms with Crippen LogP contribution in [0.1, 0.15) is 12.2 Å². The van der Waals surface area contributed by atoms with Crippen molar-refractivity contribution in [2.75, 3.05) is 43.3 Å². The molecule has 0 aliphatic carbocycles. The van der Waals surface area contributed by atoms with Gasteiger partial charge in [-0.15, -0.1) is 0 Å². The summed E-state index contributed by atoms with van der Waals surface area (Å²) in [5.74, 6) is 3.49. The standard InChI is InChI=1S/C11H20N4OS/c1-12-9-7-10(13-5-4-6-17-3)15-11(14-9)8-16-2/h7H,4-6,8H2,1-3H3,(H2,12,13,14,15). The molecule has 6 heteroatoms. The molecule has 0 bridgehead atoms. The van der Waals surface area contributed by atoms with Gasteiger partial charge in [-0.3, -0.25) is 0 Å². The molecule has 0 radical (unpaired) electrons. The minimum Gasteiger partial charge on any atom is -0.377 e. The van der Waals surface area contributed by atoms with E-state index in [4.69, 9.17) is 4.74 Å². The Morgan fingerprint density at radius 2 is 2.12 bits per heavy atom. The summed E-state index contributed by atoms with van der Waals surface area (Å²) < 4.78 is 5.04. The molecule has 17 heavy (non-hydrogen) atoms. The number of methoxy groups -OCH3 is 1. The van der Waals surface area contributed by atoms with Crippen molar-refractivity contribution < 1.29 is 4.74 Å². The maximum Gasteiger partial charge on any atom is 0.158 e. The highest BCUT2D eigenvalue weighted by Crippen LogP contribution is 2.11. The molecule has 0 fully saturated rings. The molecule has 0 saturated carbocycles. The van der Waals surface area contributed by atoms with Crippen LogP contribution in [0.15, 0.2) is 6.07 Å². The van der Waals surface area contributed by atoms with Crippen molar-refractivity contribution >= 4 is 23.4 Å². The van der Waals surface area contributed by atoms with E-state index in [1.54, 1.807) is 7.11 Å². The first-order valence-corrected chi connectivity index (χ1v) is 6.97. The Morgan fingerprint density at radius 3 is 2.76 bits per heavy atom. The summed E-state index contributed by atoms with van der Waals surface area (Å²) in [6.45, 7) is 1.35. The van der Waals surface area contributed by atoms with E-state index < -0.39 is 0 Å². The van der Waals surface area contributed by atoms with Crippen molar-refractivity contribution in [2.24, 2.45) is 0 Å². The van der Waals surface area contributed by atoms with Crippen LogP contribution in [0.2, 0.25) is 0 Å². The van der Waals surface area contributed by atoms with Crippen molar-refractivity contribution in [1.29, 1.82) is 0 Å². The minimum atomic E-state index is 0.426. The highest BCUT2D eigenvalue weighted by atomic mass is 32.2. The second-order valence-electron chi connectivity index (χ2n) is 3.51. The molecule has 1 aromatic heterocycles. The molecule has 96 valence electrons. The molecule has 2 N–H and O–H groups in total. The van der Waals surface area contributed by atoms with Gasteiger partial charge >= 0.3 is 0 Å². The highest BCUT2D eigenvalue weighted by Gasteiger charge is 2.03. The number of aromatic nitrogens is 2. The molecule has 0 aliphatic heterocycles. The summed E-state index contributed by atoms with van der Waals surface area (Å²) >= 11 is 1.85. The predicted octanol–water partition coefficient (Wildman–Crippen LogP) is 1.83. The summed E-state index contributed by atoms with van der Waals surface area (Å²) in [5.41, 5.74) is 0. The van der Waals surface area contributed by atoms with Gasteiger partial charge in [0.25, 0.3) is 0 Å². The lowest BCUT2D eigenvalue weighted by Gasteiger charge is -2.09. The number of nitrogens with zero attached hydrogens (tertiary/aromatic N) is 2. The van der Waals surface area contributed by atoms with Crippen LogP contribution < -0.4 is 10.6 Å². The van der Waals surface area contributed by atoms with Crippen molar-refractivity contribution in [2.45, 2.75) is 13.0 Å². The fourth-order valence-electron chi connectivity index (χ4n) is 1.34. The fourth-order valence-corrected chi connectivity index (χ4v) is 1.78. The Labute approximate surface area is 107 Å². The molecule has 0 saturated heterocycles. The van der Waals surface area contributed by atoms with E-state index in [2.05, 4.69) is 26.9 Å². The third-order valence-corrected chi connectivity index (χ3v) is 2.83. The fraction of sp³-hybridized carbons (Fsp3) is 0.636. The lowest BCUT2D eigenvalue weighted by atomic mass is 10.4. The molecule has 0 aromatic carbocycles. The molecular weight excluding hydrogens is 236 g/mol. The first-order valence-electron chi connectivity index (χ1n) is 5.57. The molecule has 5 nitrogen and oxygen atoms in total. The Kier molecular flexibility index (Phi) is 6.73. The second kappa shape index (κ2) is 8.14. The summed E-state index contributed by atoms with van der Waals surface area (Å²) in [5, 5.41) is 6.31. The Hall–Kier alpha value is -1.01. The number of anilines is 2. The van der Waals surface area contributed by atoms with Crippen LogP contribution in [0.4, 0.5) is 11.6 Å². The molecule has 0 amide bonds. The zero-order chi connectivity index (χ0) is 12.5. The minimum absolute atomic E-state index is 0.426. The number of rotatable bonds is 8. The van der Waals surface area contributed by atoms with Gasteiger partial charge in [-0.05, 0) is 18.4 Å². The molecule has 1 heterocycles. The van der Waals surface area contributed by atoms with Gasteiger partial charge in [-0.1, -0.05) is 0 Å². The largest absolute Gasteiger partial charge is 0.377 e. The molecular formula is C11H20N4OS. The van der Waals surface area contributed by atoms with Gasteiger partial charge in [0.15, 0.2) is 5.82 Å². The Morgan fingerprint density at radius 1 is 1.35 bits per heavy atom. The van der Waals surface area contributed by atoms with Gasteiger partial charge in [0.05, 0.1) is 0 Å². The number of thioether (sulfide) groups is 1. The van der Waals surface area contributed by atoms with E-state index in [0.717, 1.165) is 30.4 Å². The SMILES string of the molecule is CNc1cc(NCCCSC)nc(COC)n1. The zero-order valence-corrected chi connectivity index (χ0v) is 11.4. The third kappa shape index (κ3) is 5.23. The average Bonchev–Trinajstić information content (AvgIpc) is 2.35. The second-order valence-corrected chi connectivity index (χ2v) is 4.50. The predicted molar refractivity (Wildman–Crippen MR) is 73.8 cm³/mol. The first kappa shape index (κ1) is 14.1. The normalized spacial score (nSPS) is 10.3. The van der Waals surface area contributed by atoms with Crippen LogP contribution in [0.5, 0.6) is 0 Å². The van der Waals surface area contributed by atoms with Gasteiger partial charge in [0.2, 0.25) is 0 Å². The van der Waals surface area contributed by atoms with E-state index in [0.29, 0.717) is 12.4 Å². The summed E-state index contributed by atoms with van der Waals surface area (Å²) in [6, 6.07) is 1.90. The maximum atomic E-state index is 5.04. The third-order valence-electron chi connectivity index (χ3n) is 2.13. The molecule has 1 aromatic rings. The van der Waals surface area contributed by atoms with Crippen molar-refractivity contribution in [1.82, 2.24) is 9.97 Å². The van der Waals surface area contributed by atoms with Gasteiger partial charge in [-0.2, -0.15) is 11.8 Å². The summed E-state index contributed by atoms with van der Waals surface area (Å²) in [6.07, 6.45) is 3.24. The summed E-state index contributed by atoms with van der Waals surface area (Å²) in [4.78, 5) is 8.67. The maximum absolute atomic E-state index is 5.04.